The summed E-state index contributed by atoms with van der Waals surface area (Å²) in [5.74, 6) is 0.116. The Kier molecular flexibility index (Phi) is 4.55. The van der Waals surface area contributed by atoms with Crippen LogP contribution < -0.4 is 0 Å². The zero-order valence-corrected chi connectivity index (χ0v) is 13.3. The molecule has 7 heteroatoms. The summed E-state index contributed by atoms with van der Waals surface area (Å²) in [4.78, 5) is 21.5. The van der Waals surface area contributed by atoms with E-state index in [2.05, 4.69) is 9.97 Å². The predicted molar refractivity (Wildman–Crippen MR) is 85.0 cm³/mol. The minimum Gasteiger partial charge on any atom is -0.455 e. The van der Waals surface area contributed by atoms with Crippen LogP contribution in [0.4, 0.5) is 0 Å². The molecule has 22 heavy (non-hydrogen) atoms. The summed E-state index contributed by atoms with van der Waals surface area (Å²) in [6, 6.07) is 7.26. The number of thiophene rings is 1. The molecule has 0 aliphatic carbocycles. The van der Waals surface area contributed by atoms with Crippen LogP contribution in [0.2, 0.25) is 0 Å². The van der Waals surface area contributed by atoms with Crippen LogP contribution in [0.1, 0.15) is 16.1 Å². The van der Waals surface area contributed by atoms with Gasteiger partial charge in [-0.15, -0.1) is 23.1 Å². The average molecular weight is 332 g/mol. The molecule has 0 aliphatic heterocycles. The Morgan fingerprint density at radius 3 is 3.09 bits per heavy atom. The van der Waals surface area contributed by atoms with Crippen molar-refractivity contribution in [3.63, 3.8) is 0 Å². The number of rotatable bonds is 5. The smallest absolute Gasteiger partial charge is 0.341 e. The van der Waals surface area contributed by atoms with E-state index in [9.17, 15) is 4.79 Å². The molecular formula is C15H12N2O3S2. The Bertz CT molecular complexity index is 769. The van der Waals surface area contributed by atoms with E-state index in [-0.39, 0.29) is 6.61 Å². The number of aromatic nitrogens is 2. The molecule has 5 nitrogen and oxygen atoms in total. The van der Waals surface area contributed by atoms with Gasteiger partial charge in [0.2, 0.25) is 5.89 Å². The second-order valence-electron chi connectivity index (χ2n) is 4.26. The topological polar surface area (TPSA) is 65.2 Å². The maximum atomic E-state index is 12.1. The standard InChI is InChI=1S/C15H12N2O3S2/c1-21-14-11(4-2-6-16-14)15(18)20-9-10-8-19-13(17-10)12-5-3-7-22-12/h2-8H,9H2,1H3. The van der Waals surface area contributed by atoms with Gasteiger partial charge in [0.25, 0.3) is 0 Å². The number of esters is 1. The lowest BCUT2D eigenvalue weighted by atomic mass is 10.3. The van der Waals surface area contributed by atoms with Gasteiger partial charge in [0, 0.05) is 6.20 Å². The van der Waals surface area contributed by atoms with Crippen molar-refractivity contribution in [1.29, 1.82) is 0 Å². The highest BCUT2D eigenvalue weighted by Gasteiger charge is 2.14. The second-order valence-corrected chi connectivity index (χ2v) is 6.00. The van der Waals surface area contributed by atoms with E-state index in [0.29, 0.717) is 22.2 Å². The van der Waals surface area contributed by atoms with Gasteiger partial charge in [0.15, 0.2) is 0 Å². The van der Waals surface area contributed by atoms with Crippen LogP contribution in [-0.2, 0) is 11.3 Å². The summed E-state index contributed by atoms with van der Waals surface area (Å²) in [7, 11) is 0. The molecule has 3 heterocycles. The molecule has 112 valence electrons. The predicted octanol–water partition coefficient (Wildman–Crippen LogP) is 3.88. The zero-order valence-electron chi connectivity index (χ0n) is 11.7. The van der Waals surface area contributed by atoms with Crippen LogP contribution in [0, 0.1) is 0 Å². The van der Waals surface area contributed by atoms with E-state index in [0.717, 1.165) is 4.88 Å². The molecule has 3 aromatic rings. The third kappa shape index (κ3) is 3.20. The van der Waals surface area contributed by atoms with Crippen LogP contribution in [-0.4, -0.2) is 22.2 Å². The van der Waals surface area contributed by atoms with Gasteiger partial charge >= 0.3 is 5.97 Å². The van der Waals surface area contributed by atoms with Gasteiger partial charge in [-0.2, -0.15) is 0 Å². The minimum atomic E-state index is -0.418. The fourth-order valence-electron chi connectivity index (χ4n) is 1.81. The molecule has 0 atom stereocenters. The third-order valence-electron chi connectivity index (χ3n) is 2.82. The summed E-state index contributed by atoms with van der Waals surface area (Å²) in [6.45, 7) is 0.0659. The van der Waals surface area contributed by atoms with Crippen molar-refractivity contribution in [3.05, 3.63) is 53.4 Å². The molecule has 0 radical (unpaired) electrons. The highest BCUT2D eigenvalue weighted by molar-refractivity contribution is 7.98. The highest BCUT2D eigenvalue weighted by atomic mass is 32.2. The van der Waals surface area contributed by atoms with Crippen molar-refractivity contribution in [2.75, 3.05) is 6.26 Å². The van der Waals surface area contributed by atoms with E-state index in [4.69, 9.17) is 9.15 Å². The zero-order chi connectivity index (χ0) is 15.4. The maximum Gasteiger partial charge on any atom is 0.341 e. The Morgan fingerprint density at radius 1 is 1.41 bits per heavy atom. The summed E-state index contributed by atoms with van der Waals surface area (Å²) in [5.41, 5.74) is 1.03. The number of hydrogen-bond acceptors (Lipinski definition) is 7. The summed E-state index contributed by atoms with van der Waals surface area (Å²) >= 11 is 2.94. The number of ether oxygens (including phenoxy) is 1. The fraction of sp³-hybridized carbons (Fsp3) is 0.133. The molecule has 3 rings (SSSR count). The number of oxazole rings is 1. The number of thioether (sulfide) groups is 1. The van der Waals surface area contributed by atoms with Gasteiger partial charge in [0.05, 0.1) is 10.4 Å². The van der Waals surface area contributed by atoms with Crippen LogP contribution in [0.3, 0.4) is 0 Å². The van der Waals surface area contributed by atoms with Crippen LogP contribution in [0.15, 0.2) is 51.5 Å². The lowest BCUT2D eigenvalue weighted by molar-refractivity contribution is 0.0462. The summed E-state index contributed by atoms with van der Waals surface area (Å²) in [6.07, 6.45) is 5.01. The molecule has 0 unspecified atom stereocenters. The first-order valence-corrected chi connectivity index (χ1v) is 8.53. The molecule has 0 aromatic carbocycles. The Morgan fingerprint density at radius 2 is 2.32 bits per heavy atom. The molecule has 0 saturated heterocycles. The minimum absolute atomic E-state index is 0.0659. The van der Waals surface area contributed by atoms with Gasteiger partial charge in [-0.05, 0) is 29.8 Å². The Hall–Kier alpha value is -2.12. The third-order valence-corrected chi connectivity index (χ3v) is 4.39. The van der Waals surface area contributed by atoms with E-state index < -0.39 is 5.97 Å². The average Bonchev–Trinajstić information content (AvgIpc) is 3.23. The highest BCUT2D eigenvalue weighted by Crippen LogP contribution is 2.24. The first kappa shape index (κ1) is 14.8. The van der Waals surface area contributed by atoms with Crippen molar-refractivity contribution in [2.45, 2.75) is 11.6 Å². The number of pyridine rings is 1. The van der Waals surface area contributed by atoms with Gasteiger partial charge < -0.3 is 9.15 Å². The van der Waals surface area contributed by atoms with Crippen LogP contribution in [0.25, 0.3) is 10.8 Å². The van der Waals surface area contributed by atoms with Crippen molar-refractivity contribution >= 4 is 29.1 Å². The van der Waals surface area contributed by atoms with Gasteiger partial charge in [-0.3, -0.25) is 0 Å². The molecular weight excluding hydrogens is 320 g/mol. The first-order valence-electron chi connectivity index (χ1n) is 6.42. The molecule has 0 saturated carbocycles. The largest absolute Gasteiger partial charge is 0.455 e. The van der Waals surface area contributed by atoms with E-state index >= 15 is 0 Å². The van der Waals surface area contributed by atoms with E-state index in [1.807, 2.05) is 23.8 Å². The van der Waals surface area contributed by atoms with Crippen LogP contribution in [0.5, 0.6) is 0 Å². The summed E-state index contributed by atoms with van der Waals surface area (Å²) < 4.78 is 10.7. The van der Waals surface area contributed by atoms with Crippen molar-refractivity contribution in [2.24, 2.45) is 0 Å². The van der Waals surface area contributed by atoms with Crippen molar-refractivity contribution < 1.29 is 13.9 Å². The molecule has 0 spiro atoms. The van der Waals surface area contributed by atoms with Gasteiger partial charge in [-0.25, -0.2) is 14.8 Å². The van der Waals surface area contributed by atoms with Gasteiger partial charge in [0.1, 0.15) is 23.6 Å². The molecule has 3 aromatic heterocycles. The Balaban J connectivity index is 1.66. The maximum absolute atomic E-state index is 12.1. The molecule has 0 amide bonds. The number of carbonyl (C=O) groups is 1. The first-order chi connectivity index (χ1) is 10.8. The summed E-state index contributed by atoms with van der Waals surface area (Å²) in [5, 5.41) is 2.60. The van der Waals surface area contributed by atoms with Crippen molar-refractivity contribution in [1.82, 2.24) is 9.97 Å². The lowest BCUT2D eigenvalue weighted by Crippen LogP contribution is -2.07. The lowest BCUT2D eigenvalue weighted by Gasteiger charge is -2.05. The van der Waals surface area contributed by atoms with Crippen LogP contribution >= 0.6 is 23.1 Å². The fourth-order valence-corrected chi connectivity index (χ4v) is 3.01. The molecule has 0 aliphatic rings. The van der Waals surface area contributed by atoms with E-state index in [1.165, 1.54) is 18.0 Å². The number of nitrogens with zero attached hydrogens (tertiary/aromatic N) is 2. The van der Waals surface area contributed by atoms with E-state index in [1.54, 1.807) is 29.7 Å². The molecule has 0 fully saturated rings. The monoisotopic (exact) mass is 332 g/mol. The molecule has 0 bridgehead atoms. The molecule has 0 N–H and O–H groups in total. The van der Waals surface area contributed by atoms with Gasteiger partial charge in [-0.1, -0.05) is 6.07 Å². The SMILES string of the molecule is CSc1ncccc1C(=O)OCc1coc(-c2cccs2)n1. The second kappa shape index (κ2) is 6.76. The normalized spacial score (nSPS) is 10.6. The van der Waals surface area contributed by atoms with Crippen molar-refractivity contribution in [3.8, 4) is 10.8 Å². The number of hydrogen-bond donors (Lipinski definition) is 0. The Labute approximate surface area is 135 Å². The number of carbonyl (C=O) groups excluding carboxylic acids is 1. The quantitative estimate of drug-likeness (QED) is 0.522.